The van der Waals surface area contributed by atoms with Crippen molar-refractivity contribution in [3.8, 4) is 5.75 Å². The lowest BCUT2D eigenvalue weighted by Gasteiger charge is -2.21. The van der Waals surface area contributed by atoms with Crippen LogP contribution in [-0.4, -0.2) is 15.5 Å². The number of methoxy groups -OCH3 is 1. The summed E-state index contributed by atoms with van der Waals surface area (Å²) in [4.78, 5) is 0.0423. The number of sulfonamides is 1. The van der Waals surface area contributed by atoms with Gasteiger partial charge < -0.3 is 4.74 Å². The number of aryl methyl sites for hydroxylation is 2. The lowest BCUT2D eigenvalue weighted by molar-refractivity contribution is 0.402. The van der Waals surface area contributed by atoms with Crippen LogP contribution in [0.2, 0.25) is 5.02 Å². The van der Waals surface area contributed by atoms with E-state index in [0.717, 1.165) is 16.7 Å². The van der Waals surface area contributed by atoms with Crippen molar-refractivity contribution in [3.63, 3.8) is 0 Å². The second kappa shape index (κ2) is 7.55. The Morgan fingerprint density at radius 2 is 1.88 bits per heavy atom. The van der Waals surface area contributed by atoms with Crippen molar-refractivity contribution < 1.29 is 13.2 Å². The van der Waals surface area contributed by atoms with Crippen molar-refractivity contribution in [1.82, 2.24) is 4.72 Å². The highest BCUT2D eigenvalue weighted by atomic mass is 35.5. The molecule has 0 aliphatic rings. The predicted octanol–water partition coefficient (Wildman–Crippen LogP) is 4.40. The maximum atomic E-state index is 12.8. The van der Waals surface area contributed by atoms with Gasteiger partial charge in [0.1, 0.15) is 10.6 Å². The second-order valence-electron chi connectivity index (χ2n) is 5.74. The summed E-state index contributed by atoms with van der Waals surface area (Å²) in [5.41, 5.74) is 3.17. The van der Waals surface area contributed by atoms with Crippen molar-refractivity contribution in [2.75, 3.05) is 7.11 Å². The molecule has 0 unspecified atom stereocenters. The van der Waals surface area contributed by atoms with Gasteiger partial charge in [0.25, 0.3) is 0 Å². The van der Waals surface area contributed by atoms with Gasteiger partial charge in [0.15, 0.2) is 0 Å². The number of hydrogen-bond donors (Lipinski definition) is 1. The maximum Gasteiger partial charge on any atom is 0.244 e. The van der Waals surface area contributed by atoms with E-state index in [0.29, 0.717) is 11.4 Å². The van der Waals surface area contributed by atoms with Crippen LogP contribution in [0, 0.1) is 13.8 Å². The lowest BCUT2D eigenvalue weighted by Crippen LogP contribution is -2.29. The van der Waals surface area contributed by atoms with E-state index >= 15 is 0 Å². The molecule has 0 aliphatic heterocycles. The topological polar surface area (TPSA) is 55.4 Å². The third-order valence-corrected chi connectivity index (χ3v) is 5.65. The smallest absolute Gasteiger partial charge is 0.244 e. The van der Waals surface area contributed by atoms with Crippen LogP contribution in [0.25, 0.3) is 0 Å². The van der Waals surface area contributed by atoms with Gasteiger partial charge in [-0.25, -0.2) is 13.1 Å². The van der Waals surface area contributed by atoms with Crippen LogP contribution in [0.4, 0.5) is 0 Å². The van der Waals surface area contributed by atoms with E-state index in [1.54, 1.807) is 12.1 Å². The van der Waals surface area contributed by atoms with Gasteiger partial charge in [0.2, 0.25) is 10.0 Å². The summed E-state index contributed by atoms with van der Waals surface area (Å²) in [6.45, 7) is 5.94. The number of ether oxygens (including phenoxy) is 1. The van der Waals surface area contributed by atoms with Crippen LogP contribution in [0.1, 0.15) is 36.1 Å². The standard InChI is InChI=1S/C18H22ClNO3S/c1-5-16(15-8-6-12(2)10-13(15)3)20-24(21,22)18-11-14(19)7-9-17(18)23-4/h6-11,16,20H,5H2,1-4H3/t16-/m0/s1. The Morgan fingerprint density at radius 3 is 2.46 bits per heavy atom. The zero-order valence-electron chi connectivity index (χ0n) is 14.3. The molecule has 0 heterocycles. The van der Waals surface area contributed by atoms with Gasteiger partial charge in [-0.1, -0.05) is 42.3 Å². The number of benzene rings is 2. The Hall–Kier alpha value is -1.56. The summed E-state index contributed by atoms with van der Waals surface area (Å²) in [5.74, 6) is 0.266. The first-order chi connectivity index (χ1) is 11.3. The lowest BCUT2D eigenvalue weighted by atomic mass is 9.98. The van der Waals surface area contributed by atoms with Gasteiger partial charge in [-0.15, -0.1) is 0 Å². The normalized spacial score (nSPS) is 12.9. The third kappa shape index (κ3) is 4.09. The van der Waals surface area contributed by atoms with Gasteiger partial charge in [-0.2, -0.15) is 0 Å². The van der Waals surface area contributed by atoms with Crippen molar-refractivity contribution >= 4 is 21.6 Å². The molecule has 2 rings (SSSR count). The Labute approximate surface area is 148 Å². The van der Waals surface area contributed by atoms with Crippen LogP contribution in [0.15, 0.2) is 41.3 Å². The van der Waals surface area contributed by atoms with E-state index in [-0.39, 0.29) is 16.7 Å². The fourth-order valence-electron chi connectivity index (χ4n) is 2.69. The molecule has 2 aromatic carbocycles. The van der Waals surface area contributed by atoms with Crippen LogP contribution in [0.5, 0.6) is 5.75 Å². The molecular formula is C18H22ClNO3S. The molecule has 24 heavy (non-hydrogen) atoms. The zero-order valence-corrected chi connectivity index (χ0v) is 15.8. The van der Waals surface area contributed by atoms with Crippen molar-refractivity contribution in [2.24, 2.45) is 0 Å². The van der Waals surface area contributed by atoms with E-state index in [1.165, 1.54) is 13.2 Å². The quantitative estimate of drug-likeness (QED) is 0.823. The Morgan fingerprint density at radius 1 is 1.17 bits per heavy atom. The fraction of sp³-hybridized carbons (Fsp3) is 0.333. The van der Waals surface area contributed by atoms with E-state index in [1.807, 2.05) is 39.0 Å². The first-order valence-corrected chi connectivity index (χ1v) is 9.57. The van der Waals surface area contributed by atoms with Crippen molar-refractivity contribution in [2.45, 2.75) is 38.1 Å². The molecule has 0 saturated carbocycles. The third-order valence-electron chi connectivity index (χ3n) is 3.92. The molecule has 0 fully saturated rings. The van der Waals surface area contributed by atoms with Gasteiger partial charge in [-0.3, -0.25) is 0 Å². The molecule has 0 aromatic heterocycles. The molecular weight excluding hydrogens is 346 g/mol. The number of nitrogens with one attached hydrogen (secondary N) is 1. The molecule has 0 saturated heterocycles. The summed E-state index contributed by atoms with van der Waals surface area (Å²) >= 11 is 5.96. The highest BCUT2D eigenvalue weighted by Crippen LogP contribution is 2.30. The van der Waals surface area contributed by atoms with E-state index < -0.39 is 10.0 Å². The largest absolute Gasteiger partial charge is 0.495 e. The monoisotopic (exact) mass is 367 g/mol. The average Bonchev–Trinajstić information content (AvgIpc) is 2.53. The number of halogens is 1. The average molecular weight is 368 g/mol. The Bertz CT molecular complexity index is 834. The molecule has 0 aliphatic carbocycles. The SMILES string of the molecule is CC[C@H](NS(=O)(=O)c1cc(Cl)ccc1OC)c1ccc(C)cc1C. The summed E-state index contributed by atoms with van der Waals surface area (Å²) in [6, 6.07) is 10.2. The van der Waals surface area contributed by atoms with Gasteiger partial charge in [0, 0.05) is 11.1 Å². The van der Waals surface area contributed by atoms with Crippen LogP contribution in [0.3, 0.4) is 0 Å². The minimum absolute atomic E-state index is 0.0423. The fourth-order valence-corrected chi connectivity index (χ4v) is 4.42. The summed E-state index contributed by atoms with van der Waals surface area (Å²) in [5, 5.41) is 0.343. The molecule has 130 valence electrons. The van der Waals surface area contributed by atoms with E-state index in [4.69, 9.17) is 16.3 Å². The van der Waals surface area contributed by atoms with Gasteiger partial charge in [-0.05, 0) is 49.6 Å². The summed E-state index contributed by atoms with van der Waals surface area (Å²) < 4.78 is 33.6. The molecule has 0 amide bonds. The van der Waals surface area contributed by atoms with Crippen LogP contribution in [-0.2, 0) is 10.0 Å². The number of hydrogen-bond acceptors (Lipinski definition) is 3. The molecule has 0 spiro atoms. The second-order valence-corrected chi connectivity index (χ2v) is 7.86. The summed E-state index contributed by atoms with van der Waals surface area (Å²) in [6.07, 6.45) is 0.631. The van der Waals surface area contributed by atoms with E-state index in [9.17, 15) is 8.42 Å². The highest BCUT2D eigenvalue weighted by molar-refractivity contribution is 7.89. The molecule has 4 nitrogen and oxygen atoms in total. The Kier molecular flexibility index (Phi) is 5.91. The number of rotatable bonds is 6. The molecule has 2 aromatic rings. The van der Waals surface area contributed by atoms with Crippen molar-refractivity contribution in [3.05, 3.63) is 58.1 Å². The molecule has 0 bridgehead atoms. The zero-order chi connectivity index (χ0) is 17.9. The molecule has 0 radical (unpaired) electrons. The molecule has 6 heteroatoms. The highest BCUT2D eigenvalue weighted by Gasteiger charge is 2.24. The van der Waals surface area contributed by atoms with Crippen LogP contribution >= 0.6 is 11.6 Å². The van der Waals surface area contributed by atoms with Crippen molar-refractivity contribution in [1.29, 1.82) is 0 Å². The predicted molar refractivity (Wildman–Crippen MR) is 97.3 cm³/mol. The maximum absolute atomic E-state index is 12.8. The minimum atomic E-state index is -3.77. The van der Waals surface area contributed by atoms with E-state index in [2.05, 4.69) is 4.72 Å². The van der Waals surface area contributed by atoms with Crippen LogP contribution < -0.4 is 9.46 Å². The van der Waals surface area contributed by atoms with Gasteiger partial charge >= 0.3 is 0 Å². The van der Waals surface area contributed by atoms with Gasteiger partial charge in [0.05, 0.1) is 7.11 Å². The molecule has 1 atom stereocenters. The first-order valence-electron chi connectivity index (χ1n) is 7.71. The Balaban J connectivity index is 2.41. The first kappa shape index (κ1) is 18.8. The minimum Gasteiger partial charge on any atom is -0.495 e. The molecule has 1 N–H and O–H groups in total. The summed E-state index contributed by atoms with van der Waals surface area (Å²) in [7, 11) is -2.34.